The van der Waals surface area contributed by atoms with Gasteiger partial charge < -0.3 is 19.3 Å². The van der Waals surface area contributed by atoms with E-state index in [2.05, 4.69) is 10.1 Å². The highest BCUT2D eigenvalue weighted by Gasteiger charge is 2.30. The highest BCUT2D eigenvalue weighted by molar-refractivity contribution is 7.68. The maximum absolute atomic E-state index is 13.7. The number of aromatic nitrogens is 2. The van der Waals surface area contributed by atoms with Crippen molar-refractivity contribution in [3.05, 3.63) is 77.1 Å². The van der Waals surface area contributed by atoms with Crippen molar-refractivity contribution in [2.75, 3.05) is 12.2 Å². The molecule has 0 fully saturated rings. The van der Waals surface area contributed by atoms with E-state index in [1.54, 1.807) is 24.7 Å². The molecule has 2 N–H and O–H groups in total. The summed E-state index contributed by atoms with van der Waals surface area (Å²) in [5.74, 6) is -1.09. The van der Waals surface area contributed by atoms with Crippen molar-refractivity contribution in [2.45, 2.75) is 13.8 Å². The number of aromatic carboxylic acids is 1. The number of carboxylic acid groups (broad SMARTS) is 1. The van der Waals surface area contributed by atoms with Crippen LogP contribution >= 0.6 is 18.9 Å². The highest BCUT2D eigenvalue weighted by atomic mass is 32.1. The molecule has 2 heterocycles. The minimum Gasteiger partial charge on any atom is -0.477 e. The van der Waals surface area contributed by atoms with Crippen LogP contribution < -0.4 is 10.4 Å². The molecule has 0 bridgehead atoms. The SMILES string of the molecule is COP(=O)(Nc1cc(-c2ccc(-c3cncn3C)cc2)sc1C(=O)O)c1ccc(C)cc1C. The van der Waals surface area contributed by atoms with Gasteiger partial charge in [0.1, 0.15) is 4.88 Å². The Labute approximate surface area is 196 Å². The van der Waals surface area contributed by atoms with Crippen LogP contribution in [0.2, 0.25) is 0 Å². The summed E-state index contributed by atoms with van der Waals surface area (Å²) in [4.78, 5) is 16.9. The van der Waals surface area contributed by atoms with Gasteiger partial charge in [-0.3, -0.25) is 4.57 Å². The number of nitrogens with zero attached hydrogens (tertiary/aromatic N) is 2. The van der Waals surface area contributed by atoms with E-state index >= 15 is 0 Å². The molecule has 0 radical (unpaired) electrons. The Kier molecular flexibility index (Phi) is 6.26. The molecule has 0 aliphatic carbocycles. The van der Waals surface area contributed by atoms with E-state index in [9.17, 15) is 14.5 Å². The summed E-state index contributed by atoms with van der Waals surface area (Å²) in [7, 11) is -0.253. The second-order valence-corrected chi connectivity index (χ2v) is 11.0. The fraction of sp³-hybridized carbons (Fsp3) is 0.167. The third-order valence-corrected chi connectivity index (χ3v) is 8.76. The molecule has 2 aromatic carbocycles. The first-order valence-electron chi connectivity index (χ1n) is 10.2. The topological polar surface area (TPSA) is 93.5 Å². The lowest BCUT2D eigenvalue weighted by Crippen LogP contribution is -2.17. The van der Waals surface area contributed by atoms with Crippen molar-refractivity contribution in [3.8, 4) is 21.7 Å². The second kappa shape index (κ2) is 8.98. The molecule has 170 valence electrons. The number of hydrogen-bond donors (Lipinski definition) is 2. The molecule has 1 unspecified atom stereocenters. The minimum atomic E-state index is -3.54. The molecule has 0 aliphatic heterocycles. The number of rotatable bonds is 7. The quantitative estimate of drug-likeness (QED) is 0.329. The molecule has 0 saturated carbocycles. The van der Waals surface area contributed by atoms with Crippen LogP contribution in [0.4, 0.5) is 5.69 Å². The summed E-state index contributed by atoms with van der Waals surface area (Å²) < 4.78 is 21.0. The van der Waals surface area contributed by atoms with Crippen molar-refractivity contribution in [1.29, 1.82) is 0 Å². The molecule has 0 spiro atoms. The summed E-state index contributed by atoms with van der Waals surface area (Å²) >= 11 is 1.12. The molecule has 4 aromatic rings. The number of anilines is 1. The molecular formula is C24H24N3O4PS. The average Bonchev–Trinajstić information content (AvgIpc) is 3.40. The Morgan fingerprint density at radius 3 is 2.39 bits per heavy atom. The van der Waals surface area contributed by atoms with Gasteiger partial charge in [0, 0.05) is 19.0 Å². The monoisotopic (exact) mass is 481 g/mol. The number of nitrogens with one attached hydrogen (secondary N) is 1. The van der Waals surface area contributed by atoms with Gasteiger partial charge in [-0.25, -0.2) is 9.78 Å². The second-order valence-electron chi connectivity index (χ2n) is 7.76. The van der Waals surface area contributed by atoms with Crippen molar-refractivity contribution in [3.63, 3.8) is 0 Å². The van der Waals surface area contributed by atoms with Gasteiger partial charge >= 0.3 is 13.5 Å². The third kappa shape index (κ3) is 4.50. The minimum absolute atomic E-state index is 0.0720. The summed E-state index contributed by atoms with van der Waals surface area (Å²) in [5.41, 5.74) is 4.97. The Hall–Kier alpha value is -3.19. The molecule has 9 heteroatoms. The fourth-order valence-electron chi connectivity index (χ4n) is 3.71. The zero-order valence-corrected chi connectivity index (χ0v) is 20.4. The van der Waals surface area contributed by atoms with Gasteiger partial charge in [-0.2, -0.15) is 0 Å². The lowest BCUT2D eigenvalue weighted by atomic mass is 10.1. The number of thiophene rings is 1. The molecule has 2 aromatic heterocycles. The molecule has 4 rings (SSSR count). The number of carboxylic acids is 1. The zero-order valence-electron chi connectivity index (χ0n) is 18.7. The van der Waals surface area contributed by atoms with Gasteiger partial charge in [0.05, 0.1) is 29.2 Å². The van der Waals surface area contributed by atoms with Crippen LogP contribution in [0.15, 0.2) is 61.1 Å². The van der Waals surface area contributed by atoms with E-state index in [-0.39, 0.29) is 10.6 Å². The summed E-state index contributed by atoms with van der Waals surface area (Å²) in [6.07, 6.45) is 3.53. The third-order valence-electron chi connectivity index (χ3n) is 5.40. The van der Waals surface area contributed by atoms with Gasteiger partial charge in [0.15, 0.2) is 0 Å². The van der Waals surface area contributed by atoms with Gasteiger partial charge in [0.25, 0.3) is 0 Å². The van der Waals surface area contributed by atoms with Crippen LogP contribution in [0.5, 0.6) is 0 Å². The summed E-state index contributed by atoms with van der Waals surface area (Å²) in [6.45, 7) is 3.81. The predicted octanol–water partition coefficient (Wildman–Crippen LogP) is 5.71. The van der Waals surface area contributed by atoms with Gasteiger partial charge in [0.2, 0.25) is 0 Å². The average molecular weight is 482 g/mol. The number of benzene rings is 2. The lowest BCUT2D eigenvalue weighted by Gasteiger charge is -2.20. The first kappa shape index (κ1) is 23.0. The zero-order chi connectivity index (χ0) is 23.8. The van der Waals surface area contributed by atoms with Crippen LogP contribution in [-0.2, 0) is 16.1 Å². The molecule has 0 aliphatic rings. The lowest BCUT2D eigenvalue weighted by molar-refractivity contribution is 0.0703. The van der Waals surface area contributed by atoms with Crippen LogP contribution in [0.25, 0.3) is 21.7 Å². The van der Waals surface area contributed by atoms with E-state index in [0.29, 0.717) is 5.30 Å². The normalized spacial score (nSPS) is 13.0. The Balaban J connectivity index is 1.70. The fourth-order valence-corrected chi connectivity index (χ4v) is 6.45. The van der Waals surface area contributed by atoms with Crippen molar-refractivity contribution in [1.82, 2.24) is 9.55 Å². The molecule has 7 nitrogen and oxygen atoms in total. The molecule has 0 amide bonds. The van der Waals surface area contributed by atoms with Crippen molar-refractivity contribution >= 4 is 35.8 Å². The Morgan fingerprint density at radius 2 is 1.82 bits per heavy atom. The van der Waals surface area contributed by atoms with E-state index in [0.717, 1.165) is 44.2 Å². The number of carbonyl (C=O) groups is 1. The number of imidazole rings is 1. The van der Waals surface area contributed by atoms with Gasteiger partial charge in [-0.15, -0.1) is 11.3 Å². The first-order valence-corrected chi connectivity index (χ1v) is 12.6. The number of aryl methyl sites for hydroxylation is 3. The largest absolute Gasteiger partial charge is 0.477 e. The van der Waals surface area contributed by atoms with E-state index in [1.165, 1.54) is 7.11 Å². The summed E-state index contributed by atoms with van der Waals surface area (Å²) in [5, 5.41) is 13.2. The molecule has 0 saturated heterocycles. The molecule has 33 heavy (non-hydrogen) atoms. The van der Waals surface area contributed by atoms with Crippen molar-refractivity contribution in [2.24, 2.45) is 7.05 Å². The summed E-state index contributed by atoms with van der Waals surface area (Å²) in [6, 6.07) is 15.0. The van der Waals surface area contributed by atoms with Crippen LogP contribution in [0, 0.1) is 13.8 Å². The number of hydrogen-bond acceptors (Lipinski definition) is 5. The van der Waals surface area contributed by atoms with Crippen LogP contribution in [-0.4, -0.2) is 27.7 Å². The molecular weight excluding hydrogens is 457 g/mol. The predicted molar refractivity (Wildman–Crippen MR) is 133 cm³/mol. The van der Waals surface area contributed by atoms with Crippen molar-refractivity contribution < 1.29 is 19.0 Å². The first-order chi connectivity index (χ1) is 15.7. The standard InChI is InChI=1S/C24H24N3O4PS/c1-15-5-10-21(16(2)11-15)32(30,31-4)26-19-12-22(33-23(19)24(28)29)18-8-6-17(7-9-18)20-13-25-14-27(20)3/h5-14H,1-4H3,(H,26,30)(H,28,29). The Morgan fingerprint density at radius 1 is 1.12 bits per heavy atom. The van der Waals surface area contributed by atoms with E-state index < -0.39 is 13.5 Å². The highest BCUT2D eigenvalue weighted by Crippen LogP contribution is 2.48. The smallest absolute Gasteiger partial charge is 0.348 e. The van der Waals surface area contributed by atoms with Crippen LogP contribution in [0.3, 0.4) is 0 Å². The maximum Gasteiger partial charge on any atom is 0.348 e. The van der Waals surface area contributed by atoms with E-state index in [4.69, 9.17) is 4.52 Å². The van der Waals surface area contributed by atoms with E-state index in [1.807, 2.05) is 61.9 Å². The maximum atomic E-state index is 13.7. The van der Waals surface area contributed by atoms with Crippen LogP contribution in [0.1, 0.15) is 20.8 Å². The molecule has 1 atom stereocenters. The van der Waals surface area contributed by atoms with Gasteiger partial charge in [-0.05, 0) is 42.7 Å². The van der Waals surface area contributed by atoms with Gasteiger partial charge in [-0.1, -0.05) is 42.0 Å². The Bertz CT molecular complexity index is 1370.